The number of hydrogen-bond donors (Lipinski definition) is 1. The van der Waals surface area contributed by atoms with Crippen molar-refractivity contribution in [2.45, 2.75) is 38.0 Å². The summed E-state index contributed by atoms with van der Waals surface area (Å²) >= 11 is 0. The van der Waals surface area contributed by atoms with Gasteiger partial charge in [0.1, 0.15) is 0 Å². The fraction of sp³-hybridized carbons (Fsp3) is 0.533. The SMILES string of the molecule is C[C@@H](NCC(=O)N(C)C1CC1)c1ccc(C(F)(F)F)cc1. The predicted molar refractivity (Wildman–Crippen MR) is 73.7 cm³/mol. The molecular weight excluding hydrogens is 281 g/mol. The molecule has 21 heavy (non-hydrogen) atoms. The summed E-state index contributed by atoms with van der Waals surface area (Å²) in [6.07, 6.45) is -2.22. The summed E-state index contributed by atoms with van der Waals surface area (Å²) in [4.78, 5) is 13.6. The summed E-state index contributed by atoms with van der Waals surface area (Å²) in [5.41, 5.74) is 0.0628. The van der Waals surface area contributed by atoms with Crippen LogP contribution in [0.5, 0.6) is 0 Å². The fourth-order valence-electron chi connectivity index (χ4n) is 2.11. The molecule has 0 saturated heterocycles. The predicted octanol–water partition coefficient (Wildman–Crippen LogP) is 2.98. The van der Waals surface area contributed by atoms with Crippen molar-refractivity contribution in [3.05, 3.63) is 35.4 Å². The molecule has 1 aromatic carbocycles. The summed E-state index contributed by atoms with van der Waals surface area (Å²) in [6.45, 7) is 2.02. The highest BCUT2D eigenvalue weighted by atomic mass is 19.4. The van der Waals surface area contributed by atoms with Crippen molar-refractivity contribution in [1.29, 1.82) is 0 Å². The van der Waals surface area contributed by atoms with Gasteiger partial charge in [-0.15, -0.1) is 0 Å². The molecule has 1 saturated carbocycles. The van der Waals surface area contributed by atoms with E-state index < -0.39 is 11.7 Å². The molecule has 1 atom stereocenters. The van der Waals surface area contributed by atoms with Gasteiger partial charge in [-0.05, 0) is 37.5 Å². The van der Waals surface area contributed by atoms with Crippen LogP contribution in [0.15, 0.2) is 24.3 Å². The molecule has 0 aliphatic heterocycles. The second-order valence-corrected chi connectivity index (χ2v) is 5.46. The maximum atomic E-state index is 12.5. The van der Waals surface area contributed by atoms with Crippen molar-refractivity contribution < 1.29 is 18.0 Å². The van der Waals surface area contributed by atoms with Crippen LogP contribution >= 0.6 is 0 Å². The molecule has 0 unspecified atom stereocenters. The molecule has 116 valence electrons. The van der Waals surface area contributed by atoms with Crippen LogP contribution in [0.2, 0.25) is 0 Å². The van der Waals surface area contributed by atoms with E-state index in [1.54, 1.807) is 11.9 Å². The third-order valence-corrected chi connectivity index (χ3v) is 3.79. The lowest BCUT2D eigenvalue weighted by molar-refractivity contribution is -0.137. The lowest BCUT2D eigenvalue weighted by atomic mass is 10.1. The zero-order valence-electron chi connectivity index (χ0n) is 12.1. The van der Waals surface area contributed by atoms with Gasteiger partial charge >= 0.3 is 6.18 Å². The Labute approximate surface area is 122 Å². The molecule has 0 radical (unpaired) electrons. The monoisotopic (exact) mass is 300 g/mol. The van der Waals surface area contributed by atoms with Crippen molar-refractivity contribution in [2.24, 2.45) is 0 Å². The van der Waals surface area contributed by atoms with E-state index in [9.17, 15) is 18.0 Å². The van der Waals surface area contributed by atoms with Crippen molar-refractivity contribution in [3.8, 4) is 0 Å². The second-order valence-electron chi connectivity index (χ2n) is 5.46. The normalized spacial score (nSPS) is 16.6. The van der Waals surface area contributed by atoms with E-state index in [1.807, 2.05) is 6.92 Å². The minimum Gasteiger partial charge on any atom is -0.342 e. The van der Waals surface area contributed by atoms with E-state index in [1.165, 1.54) is 12.1 Å². The lowest BCUT2D eigenvalue weighted by Crippen LogP contribution is -2.37. The number of alkyl halides is 3. The molecular formula is C15H19F3N2O. The van der Waals surface area contributed by atoms with Gasteiger partial charge in [-0.2, -0.15) is 13.2 Å². The Hall–Kier alpha value is -1.56. The van der Waals surface area contributed by atoms with Gasteiger partial charge in [0, 0.05) is 19.1 Å². The summed E-state index contributed by atoms with van der Waals surface area (Å²) in [5, 5.41) is 3.05. The highest BCUT2D eigenvalue weighted by molar-refractivity contribution is 5.78. The molecule has 0 spiro atoms. The van der Waals surface area contributed by atoms with Gasteiger partial charge in [-0.3, -0.25) is 4.79 Å². The topological polar surface area (TPSA) is 32.3 Å². The second kappa shape index (κ2) is 6.05. The maximum absolute atomic E-state index is 12.5. The van der Waals surface area contributed by atoms with Crippen LogP contribution in [0.4, 0.5) is 13.2 Å². The molecule has 1 amide bonds. The number of benzene rings is 1. The number of halogens is 3. The van der Waals surface area contributed by atoms with E-state index in [0.717, 1.165) is 30.5 Å². The van der Waals surface area contributed by atoms with Gasteiger partial charge in [0.25, 0.3) is 0 Å². The van der Waals surface area contributed by atoms with Crippen LogP contribution in [0, 0.1) is 0 Å². The molecule has 1 N–H and O–H groups in total. The summed E-state index contributed by atoms with van der Waals surface area (Å²) in [5.74, 6) is 0.0104. The zero-order valence-corrected chi connectivity index (χ0v) is 12.1. The lowest BCUT2D eigenvalue weighted by Gasteiger charge is -2.19. The van der Waals surface area contributed by atoms with Gasteiger partial charge in [0.15, 0.2) is 0 Å². The summed E-state index contributed by atoms with van der Waals surface area (Å²) in [7, 11) is 1.78. The number of carbonyl (C=O) groups excluding carboxylic acids is 1. The third-order valence-electron chi connectivity index (χ3n) is 3.79. The molecule has 1 aliphatic rings. The standard InChI is InChI=1S/C15H19F3N2O/c1-10(19-9-14(21)20(2)13-7-8-13)11-3-5-12(6-4-11)15(16,17)18/h3-6,10,13,19H,7-9H2,1-2H3/t10-/m1/s1. The molecule has 0 aromatic heterocycles. The van der Waals surface area contributed by atoms with Crippen molar-refractivity contribution in [2.75, 3.05) is 13.6 Å². The number of carbonyl (C=O) groups is 1. The molecule has 2 rings (SSSR count). The largest absolute Gasteiger partial charge is 0.416 e. The van der Waals surface area contributed by atoms with Crippen molar-refractivity contribution in [1.82, 2.24) is 10.2 Å². The molecule has 6 heteroatoms. The highest BCUT2D eigenvalue weighted by Gasteiger charge is 2.30. The Bertz CT molecular complexity index is 495. The van der Waals surface area contributed by atoms with Gasteiger partial charge in [0.05, 0.1) is 12.1 Å². The van der Waals surface area contributed by atoms with Gasteiger partial charge in [-0.1, -0.05) is 12.1 Å². The van der Waals surface area contributed by atoms with Crippen molar-refractivity contribution >= 4 is 5.91 Å². The molecule has 0 bridgehead atoms. The Kier molecular flexibility index (Phi) is 4.56. The van der Waals surface area contributed by atoms with E-state index in [2.05, 4.69) is 5.32 Å². The molecule has 1 fully saturated rings. The first kappa shape index (κ1) is 15.8. The first-order valence-electron chi connectivity index (χ1n) is 6.95. The number of likely N-dealkylation sites (N-methyl/N-ethyl adjacent to an activating group) is 1. The number of nitrogens with zero attached hydrogens (tertiary/aromatic N) is 1. The average Bonchev–Trinajstić information content (AvgIpc) is 3.27. The Morgan fingerprint density at radius 3 is 2.38 bits per heavy atom. The Morgan fingerprint density at radius 2 is 1.90 bits per heavy atom. The number of hydrogen-bond acceptors (Lipinski definition) is 2. The highest BCUT2D eigenvalue weighted by Crippen LogP contribution is 2.30. The molecule has 3 nitrogen and oxygen atoms in total. The Balaban J connectivity index is 1.88. The minimum atomic E-state index is -4.32. The van der Waals surface area contributed by atoms with Crippen molar-refractivity contribution in [3.63, 3.8) is 0 Å². The maximum Gasteiger partial charge on any atom is 0.416 e. The first-order valence-corrected chi connectivity index (χ1v) is 6.95. The van der Waals surface area contributed by atoms with Gasteiger partial charge in [-0.25, -0.2) is 0 Å². The van der Waals surface area contributed by atoms with E-state index in [0.29, 0.717) is 6.04 Å². The number of amides is 1. The third kappa shape index (κ3) is 4.20. The first-order chi connectivity index (χ1) is 9.79. The summed E-state index contributed by atoms with van der Waals surface area (Å²) < 4.78 is 37.4. The van der Waals surface area contributed by atoms with Crippen LogP contribution in [0.1, 0.15) is 36.9 Å². The smallest absolute Gasteiger partial charge is 0.342 e. The fourth-order valence-corrected chi connectivity index (χ4v) is 2.11. The van der Waals surface area contributed by atoms with Crippen LogP contribution < -0.4 is 5.32 Å². The number of rotatable bonds is 5. The van der Waals surface area contributed by atoms with Gasteiger partial charge < -0.3 is 10.2 Å². The molecule has 1 aromatic rings. The summed E-state index contributed by atoms with van der Waals surface area (Å²) in [6, 6.07) is 5.19. The quantitative estimate of drug-likeness (QED) is 0.906. The van der Waals surface area contributed by atoms with Crippen LogP contribution in [-0.4, -0.2) is 30.4 Å². The molecule has 0 heterocycles. The van der Waals surface area contributed by atoms with E-state index in [-0.39, 0.29) is 18.5 Å². The number of nitrogens with one attached hydrogen (secondary N) is 1. The van der Waals surface area contributed by atoms with E-state index in [4.69, 9.17) is 0 Å². The van der Waals surface area contributed by atoms with Crippen LogP contribution in [-0.2, 0) is 11.0 Å². The van der Waals surface area contributed by atoms with Crippen LogP contribution in [0.3, 0.4) is 0 Å². The minimum absolute atomic E-state index is 0.0104. The molecule has 1 aliphatic carbocycles. The Morgan fingerprint density at radius 1 is 1.33 bits per heavy atom. The van der Waals surface area contributed by atoms with Crippen LogP contribution in [0.25, 0.3) is 0 Å². The van der Waals surface area contributed by atoms with E-state index >= 15 is 0 Å². The average molecular weight is 300 g/mol. The van der Waals surface area contributed by atoms with Gasteiger partial charge in [0.2, 0.25) is 5.91 Å². The zero-order chi connectivity index (χ0) is 15.6.